The van der Waals surface area contributed by atoms with Gasteiger partial charge in [0.15, 0.2) is 6.23 Å². The maximum Gasteiger partial charge on any atom is 0.210 e. The molecule has 2 heterocycles. The summed E-state index contributed by atoms with van der Waals surface area (Å²) in [7, 11) is 0. The Hall–Kier alpha value is -1.92. The smallest absolute Gasteiger partial charge is 0.210 e. The highest BCUT2D eigenvalue weighted by atomic mass is 16.3. The minimum Gasteiger partial charge on any atom is -0.508 e. The molecule has 4 N–H and O–H groups in total. The summed E-state index contributed by atoms with van der Waals surface area (Å²) in [4.78, 5) is 5.52. The van der Waals surface area contributed by atoms with E-state index in [4.69, 9.17) is 5.41 Å². The number of hydrogen-bond donors (Lipinski definition) is 4. The lowest BCUT2D eigenvalue weighted by Gasteiger charge is -2.32. The number of aliphatic hydroxyl groups is 2. The molecule has 0 spiro atoms. The molecule has 1 aliphatic rings. The van der Waals surface area contributed by atoms with Crippen LogP contribution in [-0.2, 0) is 13.0 Å². The summed E-state index contributed by atoms with van der Waals surface area (Å²) in [5, 5.41) is 36.3. The summed E-state index contributed by atoms with van der Waals surface area (Å²) >= 11 is 0. The van der Waals surface area contributed by atoms with E-state index in [1.165, 1.54) is 0 Å². The molecule has 6 nitrogen and oxygen atoms in total. The number of nitrogens with zero attached hydrogens (tertiary/aromatic N) is 2. The number of fused-ring (bicyclic) bond motifs is 1. The first kappa shape index (κ1) is 13.5. The predicted molar refractivity (Wildman–Crippen MR) is 70.1 cm³/mol. The molecule has 2 rings (SSSR count). The van der Waals surface area contributed by atoms with Gasteiger partial charge in [-0.15, -0.1) is 0 Å². The van der Waals surface area contributed by atoms with Crippen LogP contribution < -0.4 is 0 Å². The van der Waals surface area contributed by atoms with E-state index >= 15 is 0 Å². The van der Waals surface area contributed by atoms with Gasteiger partial charge in [-0.05, 0) is 24.5 Å². The van der Waals surface area contributed by atoms with E-state index in [0.29, 0.717) is 25.1 Å². The number of rotatable bonds is 3. The van der Waals surface area contributed by atoms with Crippen LogP contribution in [0.3, 0.4) is 0 Å². The van der Waals surface area contributed by atoms with E-state index in [9.17, 15) is 15.3 Å². The highest BCUT2D eigenvalue weighted by Gasteiger charge is 2.25. The van der Waals surface area contributed by atoms with Crippen LogP contribution in [-0.4, -0.2) is 44.2 Å². The van der Waals surface area contributed by atoms with Crippen LogP contribution >= 0.6 is 0 Å². The lowest BCUT2D eigenvalue weighted by molar-refractivity contribution is -0.00648. The minimum atomic E-state index is -1.12. The van der Waals surface area contributed by atoms with Gasteiger partial charge in [0.25, 0.3) is 0 Å². The summed E-state index contributed by atoms with van der Waals surface area (Å²) in [6.07, 6.45) is 2.13. The second-order valence-corrected chi connectivity index (χ2v) is 4.62. The van der Waals surface area contributed by atoms with Crippen molar-refractivity contribution < 1.29 is 15.3 Å². The quantitative estimate of drug-likeness (QED) is 0.480. The molecule has 0 saturated heterocycles. The molecule has 0 aliphatic carbocycles. The third-order valence-electron chi connectivity index (χ3n) is 3.32. The third-order valence-corrected chi connectivity index (χ3v) is 3.32. The Morgan fingerprint density at radius 1 is 1.53 bits per heavy atom. The van der Waals surface area contributed by atoms with Crippen molar-refractivity contribution in [2.75, 3.05) is 6.54 Å². The van der Waals surface area contributed by atoms with E-state index in [1.807, 2.05) is 0 Å². The first-order valence-corrected chi connectivity index (χ1v) is 6.02. The Labute approximate surface area is 111 Å². The van der Waals surface area contributed by atoms with Crippen LogP contribution in [0.25, 0.3) is 0 Å². The summed E-state index contributed by atoms with van der Waals surface area (Å²) in [5.41, 5.74) is 2.26. The molecular weight excluding hydrogens is 246 g/mol. The van der Waals surface area contributed by atoms with Gasteiger partial charge in [0.05, 0.1) is 0 Å². The Morgan fingerprint density at radius 2 is 2.26 bits per heavy atom. The van der Waals surface area contributed by atoms with Crippen LogP contribution in [0.1, 0.15) is 18.1 Å². The fraction of sp³-hybridized carbons (Fsp3) is 0.385. The minimum absolute atomic E-state index is 0.00450. The molecule has 0 bridgehead atoms. The van der Waals surface area contributed by atoms with E-state index in [-0.39, 0.29) is 11.6 Å². The van der Waals surface area contributed by atoms with Crippen molar-refractivity contribution in [1.29, 1.82) is 5.41 Å². The maximum atomic E-state index is 10.1. The van der Waals surface area contributed by atoms with Gasteiger partial charge >= 0.3 is 0 Å². The van der Waals surface area contributed by atoms with Crippen LogP contribution in [0.4, 0.5) is 0 Å². The summed E-state index contributed by atoms with van der Waals surface area (Å²) in [6, 6.07) is 1.62. The second-order valence-electron chi connectivity index (χ2n) is 4.62. The largest absolute Gasteiger partial charge is 0.508 e. The van der Waals surface area contributed by atoms with E-state index in [0.717, 1.165) is 17.3 Å². The molecule has 19 heavy (non-hydrogen) atoms. The van der Waals surface area contributed by atoms with Gasteiger partial charge in [0.1, 0.15) is 5.76 Å². The number of aromatic nitrogens is 1. The standard InChI is InChI=1S/C13H17N3O3/c1-8(5-14)12(18)13(19)16-3-2-9-4-11(17)15-6-10(9)7-16/h4-6,13-14,18-19H,2-3,7H2,1H3,(H,15,17)/b12-8-,14-5?. The Morgan fingerprint density at radius 3 is 2.95 bits per heavy atom. The molecule has 1 unspecified atom stereocenters. The van der Waals surface area contributed by atoms with Gasteiger partial charge in [-0.1, -0.05) is 0 Å². The number of aromatic hydroxyl groups is 1. The molecule has 1 atom stereocenters. The van der Waals surface area contributed by atoms with Crippen LogP contribution in [0.15, 0.2) is 23.6 Å². The zero-order chi connectivity index (χ0) is 14.0. The molecule has 0 aromatic carbocycles. The number of nitrogens with one attached hydrogen (secondary N) is 1. The Bertz CT molecular complexity index is 528. The summed E-state index contributed by atoms with van der Waals surface area (Å²) in [6.45, 7) is 2.58. The van der Waals surface area contributed by atoms with Gasteiger partial charge in [0.2, 0.25) is 5.88 Å². The summed E-state index contributed by atoms with van der Waals surface area (Å²) < 4.78 is 0. The zero-order valence-electron chi connectivity index (χ0n) is 10.7. The summed E-state index contributed by atoms with van der Waals surface area (Å²) in [5.74, 6) is -0.208. The Balaban J connectivity index is 2.18. The van der Waals surface area contributed by atoms with Crippen LogP contribution in [0.2, 0.25) is 0 Å². The van der Waals surface area contributed by atoms with Gasteiger partial charge < -0.3 is 20.7 Å². The molecule has 0 saturated carbocycles. The lowest BCUT2D eigenvalue weighted by Crippen LogP contribution is -2.40. The molecule has 0 amide bonds. The van der Waals surface area contributed by atoms with Gasteiger partial charge in [0, 0.05) is 37.1 Å². The van der Waals surface area contributed by atoms with E-state index < -0.39 is 6.23 Å². The molecule has 0 radical (unpaired) electrons. The van der Waals surface area contributed by atoms with Crippen molar-refractivity contribution in [2.45, 2.75) is 26.1 Å². The fourth-order valence-electron chi connectivity index (χ4n) is 2.11. The second kappa shape index (κ2) is 5.38. The van der Waals surface area contributed by atoms with Gasteiger partial charge in [-0.2, -0.15) is 0 Å². The zero-order valence-corrected chi connectivity index (χ0v) is 10.7. The lowest BCUT2D eigenvalue weighted by atomic mass is 10.0. The maximum absolute atomic E-state index is 10.1. The van der Waals surface area contributed by atoms with Crippen LogP contribution in [0, 0.1) is 5.41 Å². The highest BCUT2D eigenvalue weighted by molar-refractivity contribution is 5.75. The van der Waals surface area contributed by atoms with E-state index in [1.54, 1.807) is 24.1 Å². The third kappa shape index (κ3) is 2.74. The average molecular weight is 263 g/mol. The van der Waals surface area contributed by atoms with Crippen molar-refractivity contribution in [3.05, 3.63) is 34.7 Å². The van der Waals surface area contributed by atoms with E-state index in [2.05, 4.69) is 4.98 Å². The SMILES string of the molecule is C/C(C=N)=C(/O)C(O)N1CCc2cc(O)ncc2C1. The van der Waals surface area contributed by atoms with Crippen molar-refractivity contribution in [2.24, 2.45) is 0 Å². The molecule has 1 aromatic rings. The van der Waals surface area contributed by atoms with Gasteiger partial charge in [-0.3, -0.25) is 4.90 Å². The molecular formula is C13H17N3O3. The fourth-order valence-corrected chi connectivity index (χ4v) is 2.11. The first-order chi connectivity index (χ1) is 9.02. The Kier molecular flexibility index (Phi) is 3.82. The molecule has 1 aliphatic heterocycles. The average Bonchev–Trinajstić information content (AvgIpc) is 2.44. The number of pyridine rings is 1. The molecule has 102 valence electrons. The van der Waals surface area contributed by atoms with Crippen molar-refractivity contribution >= 4 is 6.21 Å². The molecule has 0 fully saturated rings. The van der Waals surface area contributed by atoms with Crippen molar-refractivity contribution in [3.8, 4) is 5.88 Å². The number of aliphatic hydroxyl groups excluding tert-OH is 2. The molecule has 6 heteroatoms. The normalized spacial score (nSPS) is 18.4. The highest BCUT2D eigenvalue weighted by Crippen LogP contribution is 2.23. The first-order valence-electron chi connectivity index (χ1n) is 6.02. The molecule has 1 aromatic heterocycles. The monoisotopic (exact) mass is 263 g/mol. The predicted octanol–water partition coefficient (Wildman–Crippen LogP) is 0.945. The topological polar surface area (TPSA) is 101 Å². The number of allylic oxidation sites excluding steroid dienone is 1. The number of hydrogen-bond acceptors (Lipinski definition) is 6. The van der Waals surface area contributed by atoms with Crippen LogP contribution in [0.5, 0.6) is 5.88 Å². The van der Waals surface area contributed by atoms with Gasteiger partial charge in [-0.25, -0.2) is 4.98 Å². The van der Waals surface area contributed by atoms with Crippen molar-refractivity contribution in [3.63, 3.8) is 0 Å². The van der Waals surface area contributed by atoms with Crippen molar-refractivity contribution in [1.82, 2.24) is 9.88 Å².